The number of fused-ring (bicyclic) bond motifs is 1. The van der Waals surface area contributed by atoms with Crippen molar-refractivity contribution in [1.29, 1.82) is 0 Å². The van der Waals surface area contributed by atoms with Crippen molar-refractivity contribution in [3.63, 3.8) is 0 Å². The second-order valence-electron chi connectivity index (χ2n) is 6.13. The Hall–Kier alpha value is -3.26. The number of halogens is 1. The molecule has 2 aromatic carbocycles. The molecule has 0 atom stereocenters. The fourth-order valence-corrected chi connectivity index (χ4v) is 3.43. The summed E-state index contributed by atoms with van der Waals surface area (Å²) >= 11 is 0. The molecular weight excluding hydrogens is 367 g/mol. The van der Waals surface area contributed by atoms with E-state index in [0.29, 0.717) is 11.3 Å². The fraction of sp³-hybridized carbons (Fsp3) is 0.0526. The molecule has 0 bridgehead atoms. The minimum absolute atomic E-state index is 0.293. The van der Waals surface area contributed by atoms with Gasteiger partial charge >= 0.3 is 0 Å². The lowest BCUT2D eigenvalue weighted by Crippen LogP contribution is -2.09. The van der Waals surface area contributed by atoms with E-state index in [1.54, 1.807) is 36.4 Å². The van der Waals surface area contributed by atoms with Gasteiger partial charge in [-0.05, 0) is 48.0 Å². The molecule has 0 amide bonds. The Balaban J connectivity index is 1.75. The van der Waals surface area contributed by atoms with E-state index in [1.165, 1.54) is 18.5 Å². The highest BCUT2D eigenvalue weighted by atomic mass is 32.2. The number of aromatic nitrogens is 3. The lowest BCUT2D eigenvalue weighted by Gasteiger charge is -2.06. The number of hydrogen-bond donors (Lipinski definition) is 2. The zero-order valence-electron chi connectivity index (χ0n) is 14.3. The minimum atomic E-state index is -3.33. The molecular formula is C19H15FN4O2S. The molecule has 0 aliphatic carbocycles. The summed E-state index contributed by atoms with van der Waals surface area (Å²) in [5.74, 6) is -0.293. The molecule has 0 saturated carbocycles. The Labute approximate surface area is 155 Å². The Morgan fingerprint density at radius 3 is 2.30 bits per heavy atom. The lowest BCUT2D eigenvalue weighted by atomic mass is 10.1. The van der Waals surface area contributed by atoms with Crippen LogP contribution in [0, 0.1) is 5.82 Å². The first-order chi connectivity index (χ1) is 12.9. The van der Waals surface area contributed by atoms with Crippen LogP contribution in [-0.2, 0) is 10.0 Å². The van der Waals surface area contributed by atoms with Crippen LogP contribution in [0.1, 0.15) is 0 Å². The van der Waals surface area contributed by atoms with Crippen LogP contribution in [0.2, 0.25) is 0 Å². The Morgan fingerprint density at radius 2 is 1.63 bits per heavy atom. The summed E-state index contributed by atoms with van der Waals surface area (Å²) in [5.41, 5.74) is 4.34. The van der Waals surface area contributed by atoms with Gasteiger partial charge < -0.3 is 4.98 Å². The van der Waals surface area contributed by atoms with Gasteiger partial charge in [-0.3, -0.25) is 4.72 Å². The Morgan fingerprint density at radius 1 is 0.963 bits per heavy atom. The van der Waals surface area contributed by atoms with Crippen LogP contribution < -0.4 is 4.72 Å². The lowest BCUT2D eigenvalue weighted by molar-refractivity contribution is 0.607. The maximum absolute atomic E-state index is 13.2. The number of rotatable bonds is 4. The van der Waals surface area contributed by atoms with E-state index in [2.05, 4.69) is 19.7 Å². The first-order valence-electron chi connectivity index (χ1n) is 8.07. The molecule has 8 heteroatoms. The van der Waals surface area contributed by atoms with Gasteiger partial charge in [0.25, 0.3) is 0 Å². The average molecular weight is 382 g/mol. The van der Waals surface area contributed by atoms with Gasteiger partial charge in [-0.1, -0.05) is 12.1 Å². The highest BCUT2D eigenvalue weighted by Crippen LogP contribution is 2.30. The molecule has 6 nitrogen and oxygen atoms in total. The zero-order valence-corrected chi connectivity index (χ0v) is 15.1. The highest BCUT2D eigenvalue weighted by Gasteiger charge is 2.11. The van der Waals surface area contributed by atoms with E-state index in [0.717, 1.165) is 34.2 Å². The van der Waals surface area contributed by atoms with Crippen molar-refractivity contribution in [2.45, 2.75) is 0 Å². The second-order valence-corrected chi connectivity index (χ2v) is 7.87. The van der Waals surface area contributed by atoms with Gasteiger partial charge in [0.1, 0.15) is 17.8 Å². The predicted octanol–water partition coefficient (Wildman–Crippen LogP) is 3.80. The number of nitrogens with zero attached hydrogens (tertiary/aromatic N) is 2. The maximum Gasteiger partial charge on any atom is 0.229 e. The number of hydrogen-bond acceptors (Lipinski definition) is 4. The molecule has 0 aliphatic rings. The molecule has 2 aromatic heterocycles. The third-order valence-electron chi connectivity index (χ3n) is 4.04. The van der Waals surface area contributed by atoms with E-state index >= 15 is 0 Å². The molecule has 0 spiro atoms. The van der Waals surface area contributed by atoms with Crippen molar-refractivity contribution in [3.05, 3.63) is 66.7 Å². The van der Waals surface area contributed by atoms with Gasteiger partial charge in [0, 0.05) is 22.3 Å². The van der Waals surface area contributed by atoms with Gasteiger partial charge in [0.2, 0.25) is 10.0 Å². The van der Waals surface area contributed by atoms with Crippen LogP contribution in [0.25, 0.3) is 33.5 Å². The third kappa shape index (κ3) is 3.65. The zero-order chi connectivity index (χ0) is 19.0. The van der Waals surface area contributed by atoms with Gasteiger partial charge in [-0.25, -0.2) is 22.8 Å². The van der Waals surface area contributed by atoms with E-state index in [9.17, 15) is 12.8 Å². The number of H-pyrrole nitrogens is 1. The Bertz CT molecular complexity index is 1220. The van der Waals surface area contributed by atoms with Crippen LogP contribution in [-0.4, -0.2) is 29.6 Å². The molecule has 0 aliphatic heterocycles. The predicted molar refractivity (Wildman–Crippen MR) is 103 cm³/mol. The van der Waals surface area contributed by atoms with Crippen LogP contribution in [0.15, 0.2) is 60.9 Å². The summed E-state index contributed by atoms with van der Waals surface area (Å²) in [7, 11) is -3.33. The van der Waals surface area contributed by atoms with Gasteiger partial charge in [-0.15, -0.1) is 0 Å². The molecule has 0 unspecified atom stereocenters. The smallest absolute Gasteiger partial charge is 0.229 e. The maximum atomic E-state index is 13.2. The molecule has 0 fully saturated rings. The van der Waals surface area contributed by atoms with E-state index < -0.39 is 10.0 Å². The van der Waals surface area contributed by atoms with Gasteiger partial charge in [0.05, 0.1) is 11.9 Å². The van der Waals surface area contributed by atoms with Crippen LogP contribution in [0.3, 0.4) is 0 Å². The normalized spacial score (nSPS) is 11.6. The monoisotopic (exact) mass is 382 g/mol. The van der Waals surface area contributed by atoms with Crippen molar-refractivity contribution in [1.82, 2.24) is 15.0 Å². The summed E-state index contributed by atoms with van der Waals surface area (Å²) < 4.78 is 38.2. The molecule has 0 radical (unpaired) electrons. The number of anilines is 1. The van der Waals surface area contributed by atoms with E-state index in [-0.39, 0.29) is 5.82 Å². The first kappa shape index (κ1) is 17.2. The van der Waals surface area contributed by atoms with Crippen molar-refractivity contribution in [3.8, 4) is 22.5 Å². The van der Waals surface area contributed by atoms with Gasteiger partial charge in [-0.2, -0.15) is 0 Å². The van der Waals surface area contributed by atoms with Crippen LogP contribution >= 0.6 is 0 Å². The fourth-order valence-electron chi connectivity index (χ4n) is 2.87. The van der Waals surface area contributed by atoms with Gasteiger partial charge in [0.15, 0.2) is 0 Å². The van der Waals surface area contributed by atoms with Crippen LogP contribution in [0.4, 0.5) is 10.1 Å². The second kappa shape index (κ2) is 6.48. The van der Waals surface area contributed by atoms with Crippen molar-refractivity contribution in [2.24, 2.45) is 0 Å². The standard InChI is InChI=1S/C19H15FN4O2S/c1-27(25,26)24-15-8-4-13(5-9-15)18-16-10-17(23-19(16)22-11-21-18)12-2-6-14(20)7-3-12/h2-11,24H,1H3,(H,21,22,23). The largest absolute Gasteiger partial charge is 0.339 e. The average Bonchev–Trinajstić information content (AvgIpc) is 3.06. The van der Waals surface area contributed by atoms with Crippen molar-refractivity contribution in [2.75, 3.05) is 11.0 Å². The Kier molecular flexibility index (Phi) is 4.12. The molecule has 2 heterocycles. The molecule has 4 aromatic rings. The molecule has 4 rings (SSSR count). The van der Waals surface area contributed by atoms with Crippen molar-refractivity contribution >= 4 is 26.7 Å². The van der Waals surface area contributed by atoms with E-state index in [1.807, 2.05) is 6.07 Å². The third-order valence-corrected chi connectivity index (χ3v) is 4.65. The summed E-state index contributed by atoms with van der Waals surface area (Å²) in [6, 6.07) is 15.1. The molecule has 27 heavy (non-hydrogen) atoms. The SMILES string of the molecule is CS(=O)(=O)Nc1ccc(-c2ncnc3[nH]c(-c4ccc(F)cc4)cc23)cc1. The number of benzene rings is 2. The number of nitrogens with one attached hydrogen (secondary N) is 2. The summed E-state index contributed by atoms with van der Waals surface area (Å²) in [6.07, 6.45) is 2.57. The number of sulfonamides is 1. The summed E-state index contributed by atoms with van der Waals surface area (Å²) in [4.78, 5) is 11.9. The minimum Gasteiger partial charge on any atom is -0.339 e. The highest BCUT2D eigenvalue weighted by molar-refractivity contribution is 7.92. The van der Waals surface area contributed by atoms with Crippen molar-refractivity contribution < 1.29 is 12.8 Å². The van der Waals surface area contributed by atoms with E-state index in [4.69, 9.17) is 0 Å². The molecule has 136 valence electrons. The molecule has 2 N–H and O–H groups in total. The quantitative estimate of drug-likeness (QED) is 0.562. The number of aromatic amines is 1. The first-order valence-corrected chi connectivity index (χ1v) is 9.96. The molecule has 0 saturated heterocycles. The van der Waals surface area contributed by atoms with Crippen LogP contribution in [0.5, 0.6) is 0 Å². The summed E-state index contributed by atoms with van der Waals surface area (Å²) in [6.45, 7) is 0. The topological polar surface area (TPSA) is 87.7 Å². The summed E-state index contributed by atoms with van der Waals surface area (Å²) in [5, 5.41) is 0.820.